The van der Waals surface area contributed by atoms with Gasteiger partial charge in [0.15, 0.2) is 0 Å². The van der Waals surface area contributed by atoms with Crippen LogP contribution >= 0.6 is 0 Å². The van der Waals surface area contributed by atoms with Gasteiger partial charge >= 0.3 is 12.1 Å². The monoisotopic (exact) mass is 779 g/mol. The van der Waals surface area contributed by atoms with Crippen molar-refractivity contribution in [1.29, 1.82) is 0 Å². The lowest BCUT2D eigenvalue weighted by atomic mass is 10.0. The fourth-order valence-corrected chi connectivity index (χ4v) is 9.68. The van der Waals surface area contributed by atoms with Crippen LogP contribution in [-0.2, 0) is 36.2 Å². The van der Waals surface area contributed by atoms with Gasteiger partial charge in [-0.05, 0) is 80.1 Å². The Bertz CT molecular complexity index is 2200. The highest BCUT2D eigenvalue weighted by Gasteiger charge is 2.49. The molecule has 18 heteroatoms. The average Bonchev–Trinajstić information content (AvgIpc) is 3.62. The number of amides is 1. The van der Waals surface area contributed by atoms with E-state index in [4.69, 9.17) is 9.90 Å². The summed E-state index contributed by atoms with van der Waals surface area (Å²) in [5, 5.41) is 6.14. The Morgan fingerprint density at radius 1 is 1.04 bits per heavy atom. The number of carbonyl (C=O) groups is 2. The van der Waals surface area contributed by atoms with Gasteiger partial charge in [-0.1, -0.05) is 54.6 Å². The number of para-hydroxylation sites is 2. The lowest BCUT2D eigenvalue weighted by molar-refractivity contribution is -0.192. The summed E-state index contributed by atoms with van der Waals surface area (Å²) < 4.78 is 104. The number of H-pyrrole nitrogens is 1. The van der Waals surface area contributed by atoms with E-state index in [9.17, 15) is 39.2 Å². The van der Waals surface area contributed by atoms with Crippen LogP contribution in [0.25, 0.3) is 16.6 Å². The number of rotatable bonds is 8. The Morgan fingerprint density at radius 3 is 2.19 bits per heavy atom. The molecular weight excluding hydrogens is 743 g/mol. The number of carboxylic acids is 1. The number of carboxylic acid groups (broad SMARTS) is 1. The number of fused-ring (bicyclic) bond motifs is 1. The van der Waals surface area contributed by atoms with Crippen molar-refractivity contribution in [3.63, 3.8) is 0 Å². The summed E-state index contributed by atoms with van der Waals surface area (Å²) in [4.78, 5) is 29.5. The van der Waals surface area contributed by atoms with Gasteiger partial charge in [0.1, 0.15) is 16.9 Å². The topological polar surface area (TPSA) is 170 Å². The minimum atomic E-state index is -5.08. The Morgan fingerprint density at radius 2 is 1.66 bits per heavy atom. The fourth-order valence-electron chi connectivity index (χ4n) is 6.15. The van der Waals surface area contributed by atoms with E-state index in [-0.39, 0.29) is 31.7 Å². The van der Waals surface area contributed by atoms with Crippen LogP contribution in [0.4, 0.5) is 17.6 Å². The van der Waals surface area contributed by atoms with Gasteiger partial charge in [0, 0.05) is 13.1 Å². The van der Waals surface area contributed by atoms with Crippen molar-refractivity contribution < 1.29 is 49.1 Å². The fraction of sp³-hybridized carbons (Fsp3) is 0.343. The number of carbonyl (C=O) groups excluding carboxylic acids is 1. The van der Waals surface area contributed by atoms with Gasteiger partial charge in [-0.15, -0.1) is 0 Å². The molecule has 284 valence electrons. The number of nitrogens with zero attached hydrogens (tertiary/aromatic N) is 3. The number of alkyl halides is 3. The number of benzene rings is 3. The molecule has 12 nitrogen and oxygen atoms in total. The molecule has 2 aliphatic heterocycles. The predicted octanol–water partition coefficient (Wildman–Crippen LogP) is 5.64. The van der Waals surface area contributed by atoms with Crippen molar-refractivity contribution in [2.45, 2.75) is 63.0 Å². The van der Waals surface area contributed by atoms with E-state index in [1.807, 2.05) is 30.3 Å². The molecule has 1 amide bonds. The van der Waals surface area contributed by atoms with Crippen LogP contribution in [0.15, 0.2) is 78.9 Å². The van der Waals surface area contributed by atoms with E-state index in [1.54, 1.807) is 57.2 Å². The molecule has 2 unspecified atom stereocenters. The van der Waals surface area contributed by atoms with Crippen LogP contribution in [0.1, 0.15) is 67.4 Å². The second-order valence-electron chi connectivity index (χ2n) is 13.5. The third-order valence-corrected chi connectivity index (χ3v) is 12.6. The highest BCUT2D eigenvalue weighted by atomic mass is 32.2. The molecule has 0 aliphatic carbocycles. The first-order valence-corrected chi connectivity index (χ1v) is 19.2. The van der Waals surface area contributed by atoms with Gasteiger partial charge in [-0.2, -0.15) is 30.6 Å². The molecular formula is C35H37F4N5O7S2. The van der Waals surface area contributed by atoms with Crippen LogP contribution in [0.3, 0.4) is 0 Å². The Labute approximate surface area is 303 Å². The quantitative estimate of drug-likeness (QED) is 0.193. The van der Waals surface area contributed by atoms with E-state index in [2.05, 4.69) is 14.7 Å². The number of nitrogens with one attached hydrogen (secondary N) is 2. The van der Waals surface area contributed by atoms with Crippen molar-refractivity contribution >= 4 is 48.7 Å². The molecule has 1 aromatic heterocycles. The van der Waals surface area contributed by atoms with Gasteiger partial charge in [0.2, 0.25) is 15.9 Å². The summed E-state index contributed by atoms with van der Waals surface area (Å²) >= 11 is 0. The number of halogens is 4. The molecule has 0 saturated carbocycles. The SMILES string of the molecule is CC(C)(C)N1C(=O)CC(c2ccc(CC(NS(=O)(=O)N3CC=C(c4ccc(F)cc4)CC3)c3nc4ccccc4[nH]3)cc2)S1(=O)=O.O=C(O)C(F)(F)F. The van der Waals surface area contributed by atoms with Crippen LogP contribution in [0.5, 0.6) is 0 Å². The van der Waals surface area contributed by atoms with E-state index >= 15 is 0 Å². The number of aromatic nitrogens is 2. The number of imidazole rings is 1. The summed E-state index contributed by atoms with van der Waals surface area (Å²) in [6.45, 7) is 5.48. The average molecular weight is 780 g/mol. The molecule has 3 aromatic carbocycles. The van der Waals surface area contributed by atoms with Crippen LogP contribution in [-0.4, -0.2) is 77.2 Å². The molecule has 3 heterocycles. The minimum absolute atomic E-state index is 0.131. The van der Waals surface area contributed by atoms with Crippen molar-refractivity contribution in [2.75, 3.05) is 13.1 Å². The number of aliphatic carboxylic acids is 1. The first kappa shape index (κ1) is 39.6. The lowest BCUT2D eigenvalue weighted by Gasteiger charge is -2.30. The van der Waals surface area contributed by atoms with E-state index in [0.717, 1.165) is 26.5 Å². The molecule has 0 radical (unpaired) electrons. The maximum absolute atomic E-state index is 13.7. The van der Waals surface area contributed by atoms with E-state index in [1.165, 1.54) is 16.4 Å². The minimum Gasteiger partial charge on any atom is -0.475 e. The maximum Gasteiger partial charge on any atom is 0.490 e. The molecule has 1 saturated heterocycles. The van der Waals surface area contributed by atoms with Gasteiger partial charge < -0.3 is 10.1 Å². The Hall–Kier alpha value is -4.65. The first-order chi connectivity index (χ1) is 24.7. The third kappa shape index (κ3) is 9.12. The van der Waals surface area contributed by atoms with Crippen molar-refractivity contribution in [3.8, 4) is 0 Å². The number of hydrogen-bond donors (Lipinski definition) is 3. The summed E-state index contributed by atoms with van der Waals surface area (Å²) in [6.07, 6.45) is -2.67. The van der Waals surface area contributed by atoms with Crippen LogP contribution in [0, 0.1) is 5.82 Å². The highest BCUT2D eigenvalue weighted by Crippen LogP contribution is 2.40. The number of aromatic amines is 1. The predicted molar refractivity (Wildman–Crippen MR) is 188 cm³/mol. The second-order valence-corrected chi connectivity index (χ2v) is 17.1. The van der Waals surface area contributed by atoms with E-state index < -0.39 is 55.1 Å². The third-order valence-electron chi connectivity index (χ3n) is 8.60. The molecule has 1 fully saturated rings. The summed E-state index contributed by atoms with van der Waals surface area (Å²) in [7, 11) is -7.86. The molecule has 4 aromatic rings. The van der Waals surface area contributed by atoms with Gasteiger partial charge in [0.25, 0.3) is 10.2 Å². The molecule has 0 spiro atoms. The molecule has 0 bridgehead atoms. The first-order valence-electron chi connectivity index (χ1n) is 16.3. The number of hydrogen-bond acceptors (Lipinski definition) is 7. The summed E-state index contributed by atoms with van der Waals surface area (Å²) in [6, 6.07) is 19.7. The molecule has 6 rings (SSSR count). The Balaban J connectivity index is 0.000000705. The Kier molecular flexibility index (Phi) is 11.2. The largest absolute Gasteiger partial charge is 0.490 e. The molecule has 53 heavy (non-hydrogen) atoms. The van der Waals surface area contributed by atoms with Crippen molar-refractivity contribution in [1.82, 2.24) is 23.3 Å². The lowest BCUT2D eigenvalue weighted by Crippen LogP contribution is -2.45. The standard InChI is InChI=1S/C33H36FN5O5S2.C2HF3O2/c1-33(2,3)39-31(40)21-30(45(39,41)42)25-10-8-22(9-11-25)20-29(32-35-27-6-4-5-7-28(27)36-32)37-46(43,44)38-18-16-24(17-19-38)23-12-14-26(34)15-13-23;3-2(4,5)1(6)7/h4-16,29-30,37H,17-21H2,1-3H3,(H,35,36);(H,6,7). The normalized spacial score (nSPS) is 18.7. The van der Waals surface area contributed by atoms with Gasteiger partial charge in [-0.3, -0.25) is 4.79 Å². The van der Waals surface area contributed by atoms with Crippen molar-refractivity contribution in [3.05, 3.63) is 107 Å². The summed E-state index contributed by atoms with van der Waals surface area (Å²) in [5.41, 5.74) is 3.66. The van der Waals surface area contributed by atoms with Crippen LogP contribution < -0.4 is 4.72 Å². The highest BCUT2D eigenvalue weighted by molar-refractivity contribution is 7.90. The van der Waals surface area contributed by atoms with Crippen LogP contribution in [0.2, 0.25) is 0 Å². The zero-order chi connectivity index (χ0) is 38.9. The smallest absolute Gasteiger partial charge is 0.475 e. The second kappa shape index (κ2) is 15.0. The molecule has 2 aliphatic rings. The zero-order valence-corrected chi connectivity index (χ0v) is 30.4. The zero-order valence-electron chi connectivity index (χ0n) is 28.8. The molecule has 2 atom stereocenters. The maximum atomic E-state index is 13.7. The van der Waals surface area contributed by atoms with E-state index in [0.29, 0.717) is 23.3 Å². The van der Waals surface area contributed by atoms with Crippen molar-refractivity contribution in [2.24, 2.45) is 0 Å². The van der Waals surface area contributed by atoms with Gasteiger partial charge in [0.05, 0.1) is 29.0 Å². The number of sulfonamides is 1. The molecule has 3 N–H and O–H groups in total. The van der Waals surface area contributed by atoms with Gasteiger partial charge in [-0.25, -0.2) is 26.9 Å². The summed E-state index contributed by atoms with van der Waals surface area (Å²) in [5.74, 6) is -3.07.